The molecule has 0 bridgehead atoms. The normalized spacial score (nSPS) is 12.6. The maximum Gasteiger partial charge on any atom is 0.431 e. The SMILES string of the molecule is CC(C)(C)OC(=O)NCCNCS(=O)(=O)c1ccc(-c2ccnc3[nH]c(C(F)(F)F)cc23)cc1. The second-order valence-electron chi connectivity index (χ2n) is 8.51. The number of alkyl halides is 3. The number of sulfone groups is 1. The number of nitrogens with one attached hydrogen (secondary N) is 3. The number of hydrogen-bond acceptors (Lipinski definition) is 6. The molecule has 34 heavy (non-hydrogen) atoms. The number of ether oxygens (including phenoxy) is 1. The molecule has 0 unspecified atom stereocenters. The van der Waals surface area contributed by atoms with Crippen LogP contribution in [-0.2, 0) is 20.8 Å². The number of hydrogen-bond donors (Lipinski definition) is 3. The summed E-state index contributed by atoms with van der Waals surface area (Å²) in [4.78, 5) is 17.8. The van der Waals surface area contributed by atoms with Crippen LogP contribution >= 0.6 is 0 Å². The Hall–Kier alpha value is -3.12. The van der Waals surface area contributed by atoms with Gasteiger partial charge in [0.2, 0.25) is 0 Å². The first-order valence-electron chi connectivity index (χ1n) is 10.3. The van der Waals surface area contributed by atoms with Crippen LogP contribution in [0.25, 0.3) is 22.2 Å². The summed E-state index contributed by atoms with van der Waals surface area (Å²) in [6.07, 6.45) is -3.75. The summed E-state index contributed by atoms with van der Waals surface area (Å²) < 4.78 is 69.4. The molecule has 3 aromatic rings. The molecule has 0 saturated carbocycles. The number of pyridine rings is 1. The Bertz CT molecular complexity index is 1260. The summed E-state index contributed by atoms with van der Waals surface area (Å²) in [5.74, 6) is -0.353. The van der Waals surface area contributed by atoms with Gasteiger partial charge < -0.3 is 20.4 Å². The molecule has 0 aliphatic rings. The molecule has 0 fully saturated rings. The van der Waals surface area contributed by atoms with Gasteiger partial charge >= 0.3 is 12.3 Å². The van der Waals surface area contributed by atoms with Crippen molar-refractivity contribution in [3.05, 3.63) is 48.3 Å². The fourth-order valence-corrected chi connectivity index (χ4v) is 4.26. The van der Waals surface area contributed by atoms with Crippen molar-refractivity contribution < 1.29 is 31.1 Å². The topological polar surface area (TPSA) is 113 Å². The van der Waals surface area contributed by atoms with Gasteiger partial charge in [-0.2, -0.15) is 13.2 Å². The molecule has 8 nitrogen and oxygen atoms in total. The third-order valence-corrected chi connectivity index (χ3v) is 6.20. The number of nitrogens with zero attached hydrogens (tertiary/aromatic N) is 1. The molecule has 0 spiro atoms. The average Bonchev–Trinajstić information content (AvgIpc) is 3.17. The van der Waals surface area contributed by atoms with E-state index >= 15 is 0 Å². The largest absolute Gasteiger partial charge is 0.444 e. The van der Waals surface area contributed by atoms with Crippen molar-refractivity contribution in [1.29, 1.82) is 0 Å². The third kappa shape index (κ3) is 6.48. The summed E-state index contributed by atoms with van der Waals surface area (Å²) in [7, 11) is -3.67. The van der Waals surface area contributed by atoms with E-state index in [-0.39, 0.29) is 34.9 Å². The van der Waals surface area contributed by atoms with E-state index in [2.05, 4.69) is 20.6 Å². The lowest BCUT2D eigenvalue weighted by Gasteiger charge is -2.19. The summed E-state index contributed by atoms with van der Waals surface area (Å²) in [5, 5.41) is 5.55. The Kier molecular flexibility index (Phi) is 7.22. The number of fused-ring (bicyclic) bond motifs is 1. The van der Waals surface area contributed by atoms with Gasteiger partial charge in [0.05, 0.1) is 4.90 Å². The molecular weight excluding hydrogens is 473 g/mol. The summed E-state index contributed by atoms with van der Waals surface area (Å²) in [5.41, 5.74) is -0.406. The van der Waals surface area contributed by atoms with Crippen molar-refractivity contribution in [1.82, 2.24) is 20.6 Å². The fraction of sp³-hybridized carbons (Fsp3) is 0.364. The van der Waals surface area contributed by atoms with Gasteiger partial charge in [0.25, 0.3) is 0 Å². The Morgan fingerprint density at radius 2 is 1.76 bits per heavy atom. The number of halogens is 3. The van der Waals surface area contributed by atoms with E-state index in [0.717, 1.165) is 6.07 Å². The van der Waals surface area contributed by atoms with Gasteiger partial charge in [-0.15, -0.1) is 0 Å². The first-order valence-corrected chi connectivity index (χ1v) is 12.0. The minimum Gasteiger partial charge on any atom is -0.444 e. The average molecular weight is 499 g/mol. The Morgan fingerprint density at radius 3 is 2.38 bits per heavy atom. The standard InChI is InChI=1S/C22H25F3N4O4S/c1-21(2,3)33-20(30)28-11-10-26-13-34(31,32)15-6-4-14(5-7-15)16-8-9-27-19-17(16)12-18(29-19)22(23,24)25/h4-9,12,26H,10-11,13H2,1-3H3,(H,27,29)(H,28,30). The first kappa shape index (κ1) is 25.5. The van der Waals surface area contributed by atoms with Gasteiger partial charge in [-0.25, -0.2) is 18.2 Å². The van der Waals surface area contributed by atoms with Crippen LogP contribution in [0.2, 0.25) is 0 Å². The molecule has 0 aliphatic heterocycles. The van der Waals surface area contributed by atoms with Crippen LogP contribution in [0.3, 0.4) is 0 Å². The summed E-state index contributed by atoms with van der Waals surface area (Å²) in [6, 6.07) is 8.42. The van der Waals surface area contributed by atoms with Crippen molar-refractivity contribution >= 4 is 27.0 Å². The molecular formula is C22H25F3N4O4S. The number of alkyl carbamates (subject to hydrolysis) is 1. The van der Waals surface area contributed by atoms with Gasteiger partial charge in [-0.3, -0.25) is 0 Å². The summed E-state index contributed by atoms with van der Waals surface area (Å²) >= 11 is 0. The molecule has 1 aromatic carbocycles. The smallest absolute Gasteiger partial charge is 0.431 e. The highest BCUT2D eigenvalue weighted by molar-refractivity contribution is 7.91. The minimum absolute atomic E-state index is 0.0548. The molecule has 2 aromatic heterocycles. The van der Waals surface area contributed by atoms with E-state index in [4.69, 9.17) is 4.74 Å². The molecule has 3 N–H and O–H groups in total. The lowest BCUT2D eigenvalue weighted by Crippen LogP contribution is -2.37. The highest BCUT2D eigenvalue weighted by atomic mass is 32.2. The number of aromatic nitrogens is 2. The maximum absolute atomic E-state index is 13.0. The van der Waals surface area contributed by atoms with Crippen LogP contribution in [0, 0.1) is 0 Å². The molecule has 3 rings (SSSR count). The molecule has 2 heterocycles. The Morgan fingerprint density at radius 1 is 1.09 bits per heavy atom. The van der Waals surface area contributed by atoms with Crippen molar-refractivity contribution in [2.45, 2.75) is 37.4 Å². The molecule has 1 amide bonds. The Balaban J connectivity index is 1.64. The molecule has 0 saturated heterocycles. The van der Waals surface area contributed by atoms with Crippen LogP contribution in [0.1, 0.15) is 26.5 Å². The Labute approximate surface area is 194 Å². The number of rotatable bonds is 7. The van der Waals surface area contributed by atoms with E-state index in [1.807, 2.05) is 0 Å². The quantitative estimate of drug-likeness (QED) is 0.423. The van der Waals surface area contributed by atoms with Gasteiger partial charge in [-0.1, -0.05) is 12.1 Å². The van der Waals surface area contributed by atoms with Crippen LogP contribution in [0.15, 0.2) is 47.5 Å². The predicted octanol–water partition coefficient (Wildman–Crippen LogP) is 4.09. The van der Waals surface area contributed by atoms with Crippen LogP contribution < -0.4 is 10.6 Å². The first-order chi connectivity index (χ1) is 15.8. The van der Waals surface area contributed by atoms with Gasteiger partial charge in [0.1, 0.15) is 22.8 Å². The van der Waals surface area contributed by atoms with Crippen LogP contribution in [0.5, 0.6) is 0 Å². The molecule has 0 aliphatic carbocycles. The van der Waals surface area contributed by atoms with Crippen LogP contribution in [-0.4, -0.2) is 49.0 Å². The van der Waals surface area contributed by atoms with Gasteiger partial charge in [0.15, 0.2) is 9.84 Å². The molecule has 0 atom stereocenters. The zero-order chi connectivity index (χ0) is 25.1. The minimum atomic E-state index is -4.54. The molecule has 184 valence electrons. The van der Waals surface area contributed by atoms with Crippen molar-refractivity contribution in [2.75, 3.05) is 19.0 Å². The number of benzene rings is 1. The lowest BCUT2D eigenvalue weighted by molar-refractivity contribution is -0.140. The highest BCUT2D eigenvalue weighted by Gasteiger charge is 2.33. The van der Waals surface area contributed by atoms with E-state index in [1.54, 1.807) is 26.8 Å². The second-order valence-corrected chi connectivity index (χ2v) is 10.5. The fourth-order valence-electron chi connectivity index (χ4n) is 3.13. The van der Waals surface area contributed by atoms with Crippen LogP contribution in [0.4, 0.5) is 18.0 Å². The zero-order valence-corrected chi connectivity index (χ0v) is 19.6. The third-order valence-electron chi connectivity index (χ3n) is 4.62. The zero-order valence-electron chi connectivity index (χ0n) is 18.8. The maximum atomic E-state index is 13.0. The van der Waals surface area contributed by atoms with Gasteiger partial charge in [-0.05, 0) is 56.2 Å². The molecule has 0 radical (unpaired) electrons. The highest BCUT2D eigenvalue weighted by Crippen LogP contribution is 2.34. The van der Waals surface area contributed by atoms with Crippen molar-refractivity contribution in [2.24, 2.45) is 0 Å². The molecule has 12 heteroatoms. The number of amides is 1. The van der Waals surface area contributed by atoms with Gasteiger partial charge in [0, 0.05) is 24.7 Å². The number of H-pyrrole nitrogens is 1. The van der Waals surface area contributed by atoms with E-state index < -0.39 is 33.4 Å². The number of carbonyl (C=O) groups excluding carboxylic acids is 1. The monoisotopic (exact) mass is 498 g/mol. The van der Waals surface area contributed by atoms with Crippen molar-refractivity contribution in [3.8, 4) is 11.1 Å². The summed E-state index contributed by atoms with van der Waals surface area (Å²) in [6.45, 7) is 5.59. The van der Waals surface area contributed by atoms with E-state index in [9.17, 15) is 26.4 Å². The lowest BCUT2D eigenvalue weighted by atomic mass is 10.0. The van der Waals surface area contributed by atoms with E-state index in [1.165, 1.54) is 30.5 Å². The number of carbonyl (C=O) groups is 1. The number of aromatic amines is 1. The second kappa shape index (κ2) is 9.63. The predicted molar refractivity (Wildman–Crippen MR) is 121 cm³/mol. The van der Waals surface area contributed by atoms with Crippen molar-refractivity contribution in [3.63, 3.8) is 0 Å². The van der Waals surface area contributed by atoms with E-state index in [0.29, 0.717) is 11.1 Å².